The van der Waals surface area contributed by atoms with Crippen molar-refractivity contribution in [2.45, 2.75) is 77.0 Å². The van der Waals surface area contributed by atoms with Gasteiger partial charge in [0.05, 0.1) is 0 Å². The predicted molar refractivity (Wildman–Crippen MR) is 108 cm³/mol. The Labute approximate surface area is 154 Å². The maximum Gasteiger partial charge on any atom is -0.00118 e. The van der Waals surface area contributed by atoms with E-state index in [0.29, 0.717) is 5.41 Å². The molecule has 0 saturated heterocycles. The number of hydrogen-bond acceptors (Lipinski definition) is 0. The molecule has 0 spiro atoms. The van der Waals surface area contributed by atoms with Crippen molar-refractivity contribution in [2.24, 2.45) is 17.3 Å². The summed E-state index contributed by atoms with van der Waals surface area (Å²) >= 11 is 0. The monoisotopic (exact) mass is 334 g/mol. The SMILES string of the molecule is C1=CC(Cc2ccccc2)(C2CCCCC2)CC=C1C1CCCCC1. The molecule has 0 heteroatoms. The van der Waals surface area contributed by atoms with Crippen LogP contribution in [0.2, 0.25) is 0 Å². The van der Waals surface area contributed by atoms with Crippen molar-refractivity contribution in [3.05, 3.63) is 59.7 Å². The van der Waals surface area contributed by atoms with Gasteiger partial charge in [0, 0.05) is 0 Å². The van der Waals surface area contributed by atoms with E-state index in [0.717, 1.165) is 11.8 Å². The first-order valence-electron chi connectivity index (χ1n) is 10.8. The Kier molecular flexibility index (Phi) is 5.44. The molecule has 2 saturated carbocycles. The molecule has 25 heavy (non-hydrogen) atoms. The lowest BCUT2D eigenvalue weighted by molar-refractivity contribution is 0.168. The van der Waals surface area contributed by atoms with Crippen LogP contribution in [0.4, 0.5) is 0 Å². The van der Waals surface area contributed by atoms with Gasteiger partial charge in [0.2, 0.25) is 0 Å². The molecular formula is C25H34. The lowest BCUT2D eigenvalue weighted by atomic mass is 9.62. The summed E-state index contributed by atoms with van der Waals surface area (Å²) in [6.07, 6.45) is 24.7. The zero-order valence-corrected chi connectivity index (χ0v) is 15.8. The molecule has 0 radical (unpaired) electrons. The normalized spacial score (nSPS) is 28.7. The van der Waals surface area contributed by atoms with E-state index in [1.54, 1.807) is 5.57 Å². The van der Waals surface area contributed by atoms with Crippen LogP contribution in [0.25, 0.3) is 0 Å². The third kappa shape index (κ3) is 3.94. The molecule has 0 aliphatic heterocycles. The first kappa shape index (κ1) is 17.1. The van der Waals surface area contributed by atoms with Gasteiger partial charge < -0.3 is 0 Å². The summed E-state index contributed by atoms with van der Waals surface area (Å²) in [4.78, 5) is 0. The largest absolute Gasteiger partial charge is 0.0802 e. The quantitative estimate of drug-likeness (QED) is 0.543. The fourth-order valence-electron chi connectivity index (χ4n) is 5.68. The third-order valence-electron chi connectivity index (χ3n) is 7.20. The Bertz CT molecular complexity index is 596. The fourth-order valence-corrected chi connectivity index (χ4v) is 5.68. The lowest BCUT2D eigenvalue weighted by Gasteiger charge is -2.43. The molecule has 2 fully saturated rings. The van der Waals surface area contributed by atoms with Gasteiger partial charge in [0.25, 0.3) is 0 Å². The van der Waals surface area contributed by atoms with Crippen LogP contribution in [0.15, 0.2) is 54.1 Å². The second-order valence-electron chi connectivity index (χ2n) is 8.81. The van der Waals surface area contributed by atoms with Crippen molar-refractivity contribution >= 4 is 0 Å². The molecule has 1 aromatic carbocycles. The first-order valence-corrected chi connectivity index (χ1v) is 10.8. The molecule has 1 atom stereocenters. The van der Waals surface area contributed by atoms with E-state index in [-0.39, 0.29) is 0 Å². The summed E-state index contributed by atoms with van der Waals surface area (Å²) in [6, 6.07) is 11.2. The van der Waals surface area contributed by atoms with Gasteiger partial charge in [-0.15, -0.1) is 0 Å². The number of allylic oxidation sites excluding steroid dienone is 4. The summed E-state index contributed by atoms with van der Waals surface area (Å²) in [7, 11) is 0. The van der Waals surface area contributed by atoms with Gasteiger partial charge in [0.1, 0.15) is 0 Å². The van der Waals surface area contributed by atoms with Gasteiger partial charge in [-0.3, -0.25) is 0 Å². The van der Waals surface area contributed by atoms with Gasteiger partial charge in [-0.05, 0) is 66.9 Å². The second-order valence-corrected chi connectivity index (χ2v) is 8.81. The van der Waals surface area contributed by atoms with Crippen LogP contribution in [0.5, 0.6) is 0 Å². The van der Waals surface area contributed by atoms with Crippen LogP contribution in [0.1, 0.15) is 76.2 Å². The minimum atomic E-state index is 0.375. The molecule has 1 aromatic rings. The molecule has 0 nitrogen and oxygen atoms in total. The maximum absolute atomic E-state index is 2.67. The maximum atomic E-state index is 2.67. The van der Waals surface area contributed by atoms with E-state index >= 15 is 0 Å². The Balaban J connectivity index is 1.54. The molecule has 3 aliphatic carbocycles. The second kappa shape index (κ2) is 7.94. The molecule has 0 bridgehead atoms. The molecule has 0 N–H and O–H groups in total. The molecule has 1 unspecified atom stereocenters. The summed E-state index contributed by atoms with van der Waals surface area (Å²) < 4.78 is 0. The van der Waals surface area contributed by atoms with Gasteiger partial charge in [-0.2, -0.15) is 0 Å². The van der Waals surface area contributed by atoms with Crippen LogP contribution < -0.4 is 0 Å². The summed E-state index contributed by atoms with van der Waals surface area (Å²) in [6.45, 7) is 0. The number of benzene rings is 1. The first-order chi connectivity index (χ1) is 12.4. The zero-order valence-electron chi connectivity index (χ0n) is 15.8. The highest BCUT2D eigenvalue weighted by atomic mass is 14.4. The fraction of sp³-hybridized carbons (Fsp3) is 0.600. The van der Waals surface area contributed by atoms with Gasteiger partial charge >= 0.3 is 0 Å². The van der Waals surface area contributed by atoms with Crippen molar-refractivity contribution in [3.8, 4) is 0 Å². The highest BCUT2D eigenvalue weighted by Gasteiger charge is 2.38. The van der Waals surface area contributed by atoms with Crippen molar-refractivity contribution in [1.82, 2.24) is 0 Å². The van der Waals surface area contributed by atoms with E-state index in [1.807, 2.05) is 0 Å². The van der Waals surface area contributed by atoms with E-state index in [1.165, 1.54) is 82.6 Å². The molecule has 3 aliphatic rings. The van der Waals surface area contributed by atoms with Crippen LogP contribution in [0, 0.1) is 17.3 Å². The van der Waals surface area contributed by atoms with Gasteiger partial charge in [0.15, 0.2) is 0 Å². The van der Waals surface area contributed by atoms with Crippen molar-refractivity contribution < 1.29 is 0 Å². The Morgan fingerprint density at radius 2 is 1.48 bits per heavy atom. The standard InChI is InChI=1S/C25H34/c1-4-10-21(11-5-1)20-25(24-14-8-3-9-15-24)18-16-23(17-19-25)22-12-6-2-7-13-22/h1,4-5,10-11,16-18,22,24H,2-3,6-9,12-15,19-20H2. The van der Waals surface area contributed by atoms with E-state index in [4.69, 9.17) is 0 Å². The molecule has 0 heterocycles. The Hall–Kier alpha value is -1.30. The molecular weight excluding hydrogens is 300 g/mol. The number of hydrogen-bond donors (Lipinski definition) is 0. The van der Waals surface area contributed by atoms with E-state index in [9.17, 15) is 0 Å². The average molecular weight is 335 g/mol. The Morgan fingerprint density at radius 1 is 0.800 bits per heavy atom. The van der Waals surface area contributed by atoms with Crippen molar-refractivity contribution in [3.63, 3.8) is 0 Å². The molecule has 0 amide bonds. The lowest BCUT2D eigenvalue weighted by Crippen LogP contribution is -2.34. The summed E-state index contributed by atoms with van der Waals surface area (Å²) in [5, 5.41) is 0. The van der Waals surface area contributed by atoms with Crippen LogP contribution >= 0.6 is 0 Å². The van der Waals surface area contributed by atoms with Gasteiger partial charge in [-0.25, -0.2) is 0 Å². The average Bonchev–Trinajstić information content (AvgIpc) is 2.71. The number of rotatable bonds is 4. The minimum absolute atomic E-state index is 0.375. The molecule has 134 valence electrons. The molecule has 4 rings (SSSR count). The topological polar surface area (TPSA) is 0 Å². The van der Waals surface area contributed by atoms with Gasteiger partial charge in [-0.1, -0.05) is 87.1 Å². The molecule has 0 aromatic heterocycles. The van der Waals surface area contributed by atoms with Crippen LogP contribution in [-0.4, -0.2) is 0 Å². The zero-order chi connectivity index (χ0) is 17.0. The van der Waals surface area contributed by atoms with Crippen molar-refractivity contribution in [1.29, 1.82) is 0 Å². The van der Waals surface area contributed by atoms with E-state index in [2.05, 4.69) is 48.6 Å². The predicted octanol–water partition coefficient (Wildman–Crippen LogP) is 7.26. The highest BCUT2D eigenvalue weighted by molar-refractivity contribution is 5.32. The van der Waals surface area contributed by atoms with Crippen LogP contribution in [0.3, 0.4) is 0 Å². The van der Waals surface area contributed by atoms with Crippen LogP contribution in [-0.2, 0) is 6.42 Å². The Morgan fingerprint density at radius 3 is 2.12 bits per heavy atom. The van der Waals surface area contributed by atoms with E-state index < -0.39 is 0 Å². The summed E-state index contributed by atoms with van der Waals surface area (Å²) in [5.74, 6) is 1.73. The smallest absolute Gasteiger partial charge is 0.00118 e. The van der Waals surface area contributed by atoms with Crippen molar-refractivity contribution in [2.75, 3.05) is 0 Å². The minimum Gasteiger partial charge on any atom is -0.0802 e. The third-order valence-corrected chi connectivity index (χ3v) is 7.20. The highest BCUT2D eigenvalue weighted by Crippen LogP contribution is 2.48. The summed E-state index contributed by atoms with van der Waals surface area (Å²) in [5.41, 5.74) is 3.56.